The lowest BCUT2D eigenvalue weighted by molar-refractivity contribution is -0.276. The molecule has 8 nitrogen and oxygen atoms in total. The molecular formula is C38H43N3O5. The summed E-state index contributed by atoms with van der Waals surface area (Å²) in [6, 6.07) is 28.5. The van der Waals surface area contributed by atoms with Crippen LogP contribution < -0.4 is 5.32 Å². The normalized spacial score (nSPS) is 23.3. The monoisotopic (exact) mass is 621 g/mol. The molecular weight excluding hydrogens is 578 g/mol. The molecule has 3 aromatic carbocycles. The molecule has 5 atom stereocenters. The fourth-order valence-electron chi connectivity index (χ4n) is 6.58. The van der Waals surface area contributed by atoms with E-state index < -0.39 is 6.29 Å². The van der Waals surface area contributed by atoms with Crippen molar-refractivity contribution in [3.8, 4) is 11.1 Å². The minimum Gasteiger partial charge on any atom is -0.392 e. The second-order valence-electron chi connectivity index (χ2n) is 12.3. The molecule has 4 aromatic rings. The second-order valence-corrected chi connectivity index (χ2v) is 12.3. The van der Waals surface area contributed by atoms with Crippen LogP contribution in [-0.2, 0) is 27.4 Å². The predicted molar refractivity (Wildman–Crippen MR) is 177 cm³/mol. The van der Waals surface area contributed by atoms with Gasteiger partial charge in [0.15, 0.2) is 6.29 Å². The number of nitrogens with zero attached hydrogens (tertiary/aromatic N) is 2. The molecule has 5 unspecified atom stereocenters. The van der Waals surface area contributed by atoms with E-state index >= 15 is 0 Å². The van der Waals surface area contributed by atoms with Gasteiger partial charge in [0.2, 0.25) is 0 Å². The Labute approximate surface area is 271 Å². The second kappa shape index (κ2) is 15.1. The van der Waals surface area contributed by atoms with Crippen LogP contribution in [0.3, 0.4) is 0 Å². The van der Waals surface area contributed by atoms with Gasteiger partial charge in [0.1, 0.15) is 0 Å². The standard InChI is InChI=1S/C38H43N3O5/c1-26-35(23-41-18-6-12-34(41)25-44-2)45-38(46-36(26)29-15-13-27(24-42)14-16-29)32-10-4-9-31(20-32)30-8-3-7-28(19-30)21-40-37(43)33-11-5-17-39-22-33/h3-5,7-11,13-17,19-20,22,26,34-36,38,42H,6,12,18,21,23-25H2,1-2H3,(H,40,43). The first kappa shape index (κ1) is 32.0. The molecule has 240 valence electrons. The molecule has 6 rings (SSSR count). The molecule has 2 aliphatic heterocycles. The van der Waals surface area contributed by atoms with E-state index in [0.29, 0.717) is 18.2 Å². The number of carbonyl (C=O) groups excluding carboxylic acids is 1. The lowest BCUT2D eigenvalue weighted by Crippen LogP contribution is -2.46. The van der Waals surface area contributed by atoms with Crippen LogP contribution in [0, 0.1) is 5.92 Å². The number of ether oxygens (including phenoxy) is 3. The zero-order valence-corrected chi connectivity index (χ0v) is 26.5. The maximum absolute atomic E-state index is 12.6. The Morgan fingerprint density at radius 2 is 1.78 bits per heavy atom. The zero-order chi connectivity index (χ0) is 31.9. The first-order valence-electron chi connectivity index (χ1n) is 16.1. The average molecular weight is 622 g/mol. The first-order chi connectivity index (χ1) is 22.5. The molecule has 1 amide bonds. The zero-order valence-electron chi connectivity index (χ0n) is 26.5. The number of likely N-dealkylation sites (tertiary alicyclic amines) is 1. The van der Waals surface area contributed by atoms with E-state index in [0.717, 1.165) is 65.9 Å². The van der Waals surface area contributed by atoms with Crippen LogP contribution in [0.4, 0.5) is 0 Å². The number of amides is 1. The van der Waals surface area contributed by atoms with E-state index in [-0.39, 0.29) is 30.6 Å². The predicted octanol–water partition coefficient (Wildman–Crippen LogP) is 6.07. The number of hydrogen-bond donors (Lipinski definition) is 2. The van der Waals surface area contributed by atoms with E-state index in [4.69, 9.17) is 14.2 Å². The summed E-state index contributed by atoms with van der Waals surface area (Å²) in [5.41, 5.74) is 6.54. The average Bonchev–Trinajstić information content (AvgIpc) is 3.55. The van der Waals surface area contributed by atoms with Crippen molar-refractivity contribution in [2.45, 2.75) is 57.5 Å². The van der Waals surface area contributed by atoms with E-state index in [1.54, 1.807) is 31.6 Å². The highest BCUT2D eigenvalue weighted by Crippen LogP contribution is 2.43. The fraction of sp³-hybridized carbons (Fsp3) is 0.368. The number of aliphatic hydroxyl groups is 1. The highest BCUT2D eigenvalue weighted by Gasteiger charge is 2.40. The molecule has 0 radical (unpaired) electrons. The smallest absolute Gasteiger partial charge is 0.253 e. The number of carbonyl (C=O) groups is 1. The number of methoxy groups -OCH3 is 1. The third kappa shape index (κ3) is 7.54. The van der Waals surface area contributed by atoms with Crippen LogP contribution >= 0.6 is 0 Å². The molecule has 0 spiro atoms. The van der Waals surface area contributed by atoms with Gasteiger partial charge < -0.3 is 24.6 Å². The summed E-state index contributed by atoms with van der Waals surface area (Å²) < 4.78 is 19.1. The molecule has 8 heteroatoms. The highest BCUT2D eigenvalue weighted by atomic mass is 16.7. The summed E-state index contributed by atoms with van der Waals surface area (Å²) in [6.45, 7) is 5.20. The van der Waals surface area contributed by atoms with Crippen molar-refractivity contribution in [2.24, 2.45) is 5.92 Å². The number of nitrogens with one attached hydrogen (secondary N) is 1. The third-order valence-electron chi connectivity index (χ3n) is 9.19. The van der Waals surface area contributed by atoms with Crippen LogP contribution in [-0.4, -0.2) is 59.8 Å². The Hall–Kier alpha value is -3.92. The summed E-state index contributed by atoms with van der Waals surface area (Å²) in [5.74, 6) is -0.0410. The van der Waals surface area contributed by atoms with Crippen LogP contribution in [0.15, 0.2) is 97.3 Å². The van der Waals surface area contributed by atoms with Crippen LogP contribution in [0.5, 0.6) is 0 Å². The van der Waals surface area contributed by atoms with Gasteiger partial charge in [0, 0.05) is 50.1 Å². The van der Waals surface area contributed by atoms with Gasteiger partial charge in [-0.05, 0) is 71.5 Å². The minimum absolute atomic E-state index is 0.0104. The molecule has 0 aliphatic carbocycles. The molecule has 3 heterocycles. The van der Waals surface area contributed by atoms with E-state index in [9.17, 15) is 9.90 Å². The van der Waals surface area contributed by atoms with Gasteiger partial charge >= 0.3 is 0 Å². The van der Waals surface area contributed by atoms with Crippen LogP contribution in [0.2, 0.25) is 0 Å². The molecule has 0 saturated carbocycles. The van der Waals surface area contributed by atoms with Crippen molar-refractivity contribution >= 4 is 5.91 Å². The summed E-state index contributed by atoms with van der Waals surface area (Å²) in [7, 11) is 1.77. The van der Waals surface area contributed by atoms with E-state index in [1.165, 1.54) is 0 Å². The number of aliphatic hydroxyl groups excluding tert-OH is 1. The van der Waals surface area contributed by atoms with Crippen molar-refractivity contribution in [3.05, 3.63) is 125 Å². The maximum atomic E-state index is 12.6. The van der Waals surface area contributed by atoms with Gasteiger partial charge in [-0.25, -0.2) is 0 Å². The number of benzene rings is 3. The van der Waals surface area contributed by atoms with Gasteiger partial charge in [0.05, 0.1) is 31.0 Å². The van der Waals surface area contributed by atoms with Crippen molar-refractivity contribution in [3.63, 3.8) is 0 Å². The number of rotatable bonds is 11. The van der Waals surface area contributed by atoms with Gasteiger partial charge in [-0.3, -0.25) is 14.7 Å². The van der Waals surface area contributed by atoms with Crippen molar-refractivity contribution in [1.29, 1.82) is 0 Å². The number of aromatic nitrogens is 1. The molecule has 2 N–H and O–H groups in total. The van der Waals surface area contributed by atoms with Crippen molar-refractivity contribution < 1.29 is 24.1 Å². The van der Waals surface area contributed by atoms with Gasteiger partial charge in [0.25, 0.3) is 5.91 Å². The van der Waals surface area contributed by atoms with Gasteiger partial charge in [-0.2, -0.15) is 0 Å². The van der Waals surface area contributed by atoms with Gasteiger partial charge in [-0.1, -0.05) is 67.6 Å². The highest BCUT2D eigenvalue weighted by molar-refractivity contribution is 5.93. The summed E-state index contributed by atoms with van der Waals surface area (Å²) in [5, 5.41) is 12.6. The fourth-order valence-corrected chi connectivity index (χ4v) is 6.58. The molecule has 46 heavy (non-hydrogen) atoms. The van der Waals surface area contributed by atoms with Crippen LogP contribution in [0.1, 0.15) is 64.8 Å². The molecule has 2 fully saturated rings. The van der Waals surface area contributed by atoms with Crippen molar-refractivity contribution in [1.82, 2.24) is 15.2 Å². The summed E-state index contributed by atoms with van der Waals surface area (Å²) in [4.78, 5) is 19.1. The lowest BCUT2D eigenvalue weighted by atomic mass is 9.89. The third-order valence-corrected chi connectivity index (χ3v) is 9.19. The largest absolute Gasteiger partial charge is 0.392 e. The SMILES string of the molecule is COCC1CCCN1CC1OC(c2cccc(-c3cccc(CNC(=O)c4cccnc4)c3)c2)OC(c2ccc(CO)cc2)C1C. The maximum Gasteiger partial charge on any atom is 0.253 e. The van der Waals surface area contributed by atoms with Crippen LogP contribution in [0.25, 0.3) is 11.1 Å². The van der Waals surface area contributed by atoms with E-state index in [1.807, 2.05) is 30.3 Å². The Morgan fingerprint density at radius 3 is 2.54 bits per heavy atom. The number of pyridine rings is 1. The Morgan fingerprint density at radius 1 is 0.978 bits per heavy atom. The van der Waals surface area contributed by atoms with E-state index in [2.05, 4.69) is 64.6 Å². The minimum atomic E-state index is -0.547. The number of hydrogen-bond acceptors (Lipinski definition) is 7. The lowest BCUT2D eigenvalue weighted by Gasteiger charge is -2.43. The summed E-state index contributed by atoms with van der Waals surface area (Å²) >= 11 is 0. The molecule has 2 saturated heterocycles. The topological polar surface area (TPSA) is 93.2 Å². The van der Waals surface area contributed by atoms with Crippen molar-refractivity contribution in [2.75, 3.05) is 26.8 Å². The summed E-state index contributed by atoms with van der Waals surface area (Å²) in [6.07, 6.45) is 4.75. The Kier molecular flexibility index (Phi) is 10.5. The molecule has 0 bridgehead atoms. The Bertz CT molecular complexity index is 1580. The molecule has 2 aliphatic rings. The van der Waals surface area contributed by atoms with Gasteiger partial charge in [-0.15, -0.1) is 0 Å². The Balaban J connectivity index is 1.23. The molecule has 1 aromatic heterocycles. The quantitative estimate of drug-likeness (QED) is 0.210. The first-order valence-corrected chi connectivity index (χ1v) is 16.1.